The van der Waals surface area contributed by atoms with Crippen molar-refractivity contribution >= 4 is 34.2 Å². The van der Waals surface area contributed by atoms with Crippen LogP contribution in [0.3, 0.4) is 0 Å². The molecule has 3 N–H and O–H groups in total. The third-order valence-electron chi connectivity index (χ3n) is 3.09. The maximum atomic E-state index is 11.9. The minimum atomic E-state index is 0. The molecule has 1 aromatic rings. The van der Waals surface area contributed by atoms with Crippen molar-refractivity contribution in [1.82, 2.24) is 5.32 Å². The predicted molar refractivity (Wildman–Crippen MR) is 90.2 cm³/mol. The van der Waals surface area contributed by atoms with E-state index in [1.165, 1.54) is 5.56 Å². The maximum Gasteiger partial charge on any atom is 0.220 e. The van der Waals surface area contributed by atoms with Gasteiger partial charge in [-0.2, -0.15) is 0 Å². The highest BCUT2D eigenvalue weighted by Crippen LogP contribution is 2.13. The number of rotatable bonds is 8. The van der Waals surface area contributed by atoms with E-state index in [9.17, 15) is 4.79 Å². The molecule has 0 heterocycles. The molecule has 0 aromatic heterocycles. The Kier molecular flexibility index (Phi) is 10.8. The summed E-state index contributed by atoms with van der Waals surface area (Å²) in [6.07, 6.45) is 4.48. The van der Waals surface area contributed by atoms with Gasteiger partial charge in [-0.3, -0.25) is 4.79 Å². The summed E-state index contributed by atoms with van der Waals surface area (Å²) in [5, 5.41) is 3.01. The molecule has 1 atom stereocenters. The number of carbonyl (C=O) groups excluding carboxylic acids is 1. The second-order valence-electron chi connectivity index (χ2n) is 4.77. The van der Waals surface area contributed by atoms with Crippen molar-refractivity contribution in [2.45, 2.75) is 45.1 Å². The average Bonchev–Trinajstić information content (AvgIpc) is 2.41. The number of amides is 1. The first-order valence-electron chi connectivity index (χ1n) is 6.89. The predicted octanol–water partition coefficient (Wildman–Crippen LogP) is 3.44. The normalized spacial score (nSPS) is 11.6. The highest BCUT2D eigenvalue weighted by Gasteiger charge is 2.10. The smallest absolute Gasteiger partial charge is 0.220 e. The summed E-state index contributed by atoms with van der Waals surface area (Å²) in [6.45, 7) is 2.66. The third kappa shape index (κ3) is 7.88. The fourth-order valence-corrected chi connectivity index (χ4v) is 2.40. The second-order valence-corrected chi connectivity index (χ2v) is 5.69. The minimum absolute atomic E-state index is 0. The van der Waals surface area contributed by atoms with Gasteiger partial charge in [0.2, 0.25) is 5.91 Å². The zero-order valence-electron chi connectivity index (χ0n) is 11.9. The van der Waals surface area contributed by atoms with Gasteiger partial charge in [0.15, 0.2) is 0 Å². The van der Waals surface area contributed by atoms with Gasteiger partial charge in [-0.25, -0.2) is 0 Å². The molecule has 0 fully saturated rings. The van der Waals surface area contributed by atoms with Crippen LogP contribution in [0.2, 0.25) is 0 Å². The molecule has 1 rings (SSSR count). The Morgan fingerprint density at radius 3 is 2.80 bits per heavy atom. The molecule has 0 bridgehead atoms. The molecular weight excluding hydrogens is 340 g/mol. The van der Waals surface area contributed by atoms with Gasteiger partial charge in [-0.15, -0.1) is 12.4 Å². The van der Waals surface area contributed by atoms with Crippen LogP contribution in [0.1, 0.15) is 38.2 Å². The van der Waals surface area contributed by atoms with Crippen LogP contribution in [0.5, 0.6) is 0 Å². The molecule has 5 heteroatoms. The Bertz CT molecular complexity index is 401. The van der Waals surface area contributed by atoms with Crippen LogP contribution in [0.4, 0.5) is 0 Å². The Balaban J connectivity index is 0.00000361. The van der Waals surface area contributed by atoms with Crippen molar-refractivity contribution in [3.8, 4) is 0 Å². The first-order valence-corrected chi connectivity index (χ1v) is 7.69. The van der Waals surface area contributed by atoms with Crippen molar-refractivity contribution < 1.29 is 4.79 Å². The van der Waals surface area contributed by atoms with E-state index in [1.54, 1.807) is 0 Å². The molecule has 0 spiro atoms. The van der Waals surface area contributed by atoms with E-state index in [-0.39, 0.29) is 24.4 Å². The van der Waals surface area contributed by atoms with E-state index < -0.39 is 0 Å². The van der Waals surface area contributed by atoms with Gasteiger partial charge >= 0.3 is 0 Å². The lowest BCUT2D eigenvalue weighted by Gasteiger charge is -2.16. The third-order valence-corrected chi connectivity index (χ3v) is 3.58. The van der Waals surface area contributed by atoms with Crippen molar-refractivity contribution in [2.24, 2.45) is 5.73 Å². The molecular formula is C15H24BrClN2O. The molecule has 0 saturated carbocycles. The van der Waals surface area contributed by atoms with Crippen LogP contribution in [0.15, 0.2) is 28.7 Å². The maximum absolute atomic E-state index is 11.9. The van der Waals surface area contributed by atoms with Gasteiger partial charge in [-0.05, 0) is 30.5 Å². The molecule has 0 aliphatic rings. The quantitative estimate of drug-likeness (QED) is 0.743. The highest BCUT2D eigenvalue weighted by atomic mass is 79.9. The van der Waals surface area contributed by atoms with Gasteiger partial charge < -0.3 is 11.1 Å². The second kappa shape index (κ2) is 11.1. The first-order chi connectivity index (χ1) is 9.15. The van der Waals surface area contributed by atoms with E-state index in [2.05, 4.69) is 28.2 Å². The zero-order chi connectivity index (χ0) is 14.1. The first kappa shape index (κ1) is 19.4. The Morgan fingerprint density at radius 1 is 1.45 bits per heavy atom. The van der Waals surface area contributed by atoms with Crippen LogP contribution in [0.25, 0.3) is 0 Å². The topological polar surface area (TPSA) is 55.1 Å². The summed E-state index contributed by atoms with van der Waals surface area (Å²) in [4.78, 5) is 11.9. The molecule has 20 heavy (non-hydrogen) atoms. The summed E-state index contributed by atoms with van der Waals surface area (Å²) >= 11 is 3.43. The molecule has 1 aromatic carbocycles. The summed E-state index contributed by atoms with van der Waals surface area (Å²) in [5.41, 5.74) is 6.84. The molecule has 0 saturated heterocycles. The van der Waals surface area contributed by atoms with Crippen LogP contribution >= 0.6 is 28.3 Å². The van der Waals surface area contributed by atoms with E-state index in [0.717, 1.165) is 30.2 Å². The van der Waals surface area contributed by atoms with Crippen molar-refractivity contribution in [2.75, 3.05) is 6.54 Å². The summed E-state index contributed by atoms with van der Waals surface area (Å²) in [7, 11) is 0. The van der Waals surface area contributed by atoms with Crippen molar-refractivity contribution in [1.29, 1.82) is 0 Å². The molecule has 0 aliphatic carbocycles. The Labute approximate surface area is 136 Å². The zero-order valence-corrected chi connectivity index (χ0v) is 14.3. The Morgan fingerprint density at radius 2 is 2.20 bits per heavy atom. The number of hydrogen-bond acceptors (Lipinski definition) is 2. The number of carbonyl (C=O) groups is 1. The van der Waals surface area contributed by atoms with Gasteiger partial charge in [-0.1, -0.05) is 47.8 Å². The van der Waals surface area contributed by atoms with Crippen LogP contribution in [-0.4, -0.2) is 18.5 Å². The van der Waals surface area contributed by atoms with E-state index in [0.29, 0.717) is 13.0 Å². The molecule has 0 aliphatic heterocycles. The van der Waals surface area contributed by atoms with Crippen LogP contribution in [-0.2, 0) is 11.2 Å². The van der Waals surface area contributed by atoms with Crippen molar-refractivity contribution in [3.63, 3.8) is 0 Å². The number of nitrogens with two attached hydrogens (primary N) is 1. The lowest BCUT2D eigenvalue weighted by Crippen LogP contribution is -2.40. The van der Waals surface area contributed by atoms with Gasteiger partial charge in [0.1, 0.15) is 0 Å². The Hall–Kier alpha value is -0.580. The fraction of sp³-hybridized carbons (Fsp3) is 0.533. The monoisotopic (exact) mass is 362 g/mol. The van der Waals surface area contributed by atoms with Crippen LogP contribution in [0, 0.1) is 0 Å². The average molecular weight is 364 g/mol. The summed E-state index contributed by atoms with van der Waals surface area (Å²) < 4.78 is 1.05. The molecule has 1 unspecified atom stereocenters. The lowest BCUT2D eigenvalue weighted by molar-refractivity contribution is -0.121. The SMILES string of the molecule is CCCCC(CN)NC(=O)CCc1cccc(Br)c1.Cl. The number of unbranched alkanes of at least 4 members (excludes halogenated alkanes) is 1. The lowest BCUT2D eigenvalue weighted by atomic mass is 10.1. The molecule has 3 nitrogen and oxygen atoms in total. The molecule has 0 radical (unpaired) electrons. The summed E-state index contributed by atoms with van der Waals surface area (Å²) in [6, 6.07) is 8.18. The van der Waals surface area contributed by atoms with Gasteiger partial charge in [0.05, 0.1) is 0 Å². The van der Waals surface area contributed by atoms with E-state index >= 15 is 0 Å². The van der Waals surface area contributed by atoms with Gasteiger partial charge in [0.25, 0.3) is 0 Å². The number of hydrogen-bond donors (Lipinski definition) is 2. The van der Waals surface area contributed by atoms with Gasteiger partial charge in [0, 0.05) is 23.5 Å². The largest absolute Gasteiger partial charge is 0.352 e. The number of halogens is 2. The minimum Gasteiger partial charge on any atom is -0.352 e. The van der Waals surface area contributed by atoms with Crippen molar-refractivity contribution in [3.05, 3.63) is 34.3 Å². The molecule has 114 valence electrons. The number of benzene rings is 1. The summed E-state index contributed by atoms with van der Waals surface area (Å²) in [5.74, 6) is 0.0894. The standard InChI is InChI=1S/C15H23BrN2O.ClH/c1-2-3-7-14(11-17)18-15(19)9-8-12-5-4-6-13(16)10-12;/h4-6,10,14H,2-3,7-9,11,17H2,1H3,(H,18,19);1H. The number of aryl methyl sites for hydroxylation is 1. The molecule has 1 amide bonds. The number of nitrogens with one attached hydrogen (secondary N) is 1. The van der Waals surface area contributed by atoms with E-state index in [1.807, 2.05) is 24.3 Å². The highest BCUT2D eigenvalue weighted by molar-refractivity contribution is 9.10. The van der Waals surface area contributed by atoms with Crippen LogP contribution < -0.4 is 11.1 Å². The van der Waals surface area contributed by atoms with E-state index in [4.69, 9.17) is 5.73 Å². The fourth-order valence-electron chi connectivity index (χ4n) is 1.95.